The molecule has 1 aromatic rings. The first-order valence-corrected chi connectivity index (χ1v) is 8.16. The highest BCUT2D eigenvalue weighted by Gasteiger charge is 2.21. The molecule has 0 saturated carbocycles. The fourth-order valence-corrected chi connectivity index (χ4v) is 2.81. The topological polar surface area (TPSA) is 21.3 Å². The molecule has 1 rings (SSSR count). The molecular weight excluding hydrogens is 293 g/mol. The van der Waals surface area contributed by atoms with Crippen molar-refractivity contribution in [2.45, 2.75) is 52.2 Å². The summed E-state index contributed by atoms with van der Waals surface area (Å²) in [5.74, 6) is 0. The van der Waals surface area contributed by atoms with E-state index in [0.717, 1.165) is 43.0 Å². The van der Waals surface area contributed by atoms with Gasteiger partial charge in [-0.3, -0.25) is 0 Å². The van der Waals surface area contributed by atoms with Crippen molar-refractivity contribution in [1.29, 1.82) is 0 Å². The van der Waals surface area contributed by atoms with E-state index in [4.69, 9.17) is 27.9 Å². The molecule has 0 aliphatic heterocycles. The molecule has 0 spiro atoms. The van der Waals surface area contributed by atoms with E-state index in [1.54, 1.807) is 6.07 Å². The molecule has 0 heterocycles. The lowest BCUT2D eigenvalue weighted by Crippen LogP contribution is -2.43. The minimum atomic E-state index is 0.207. The van der Waals surface area contributed by atoms with Gasteiger partial charge in [-0.05, 0) is 50.4 Å². The van der Waals surface area contributed by atoms with Gasteiger partial charge in [0.05, 0.1) is 6.10 Å². The third-order valence-corrected chi connectivity index (χ3v) is 3.93. The largest absolute Gasteiger partial charge is 0.377 e. The standard InChI is InChI=1S/C16H25Cl2NO/c1-4-9-19-15(16(5-2)20-6-3)10-12-7-8-13(17)11-14(12)18/h7-8,11,15-16,19H,4-6,9-10H2,1-3H3. The average molecular weight is 318 g/mol. The van der Waals surface area contributed by atoms with Crippen LogP contribution in [0.2, 0.25) is 10.0 Å². The summed E-state index contributed by atoms with van der Waals surface area (Å²) in [4.78, 5) is 0. The van der Waals surface area contributed by atoms with E-state index in [1.807, 2.05) is 19.1 Å². The SMILES string of the molecule is CCCNC(Cc1ccc(Cl)cc1Cl)C(CC)OCC. The predicted molar refractivity (Wildman–Crippen MR) is 88.0 cm³/mol. The van der Waals surface area contributed by atoms with Crippen molar-refractivity contribution in [3.8, 4) is 0 Å². The first-order valence-electron chi connectivity index (χ1n) is 7.41. The first-order chi connectivity index (χ1) is 9.62. The van der Waals surface area contributed by atoms with Gasteiger partial charge in [0.1, 0.15) is 0 Å². The predicted octanol–water partition coefficient (Wildman–Crippen LogP) is 4.72. The van der Waals surface area contributed by atoms with Crippen molar-refractivity contribution < 1.29 is 4.74 Å². The van der Waals surface area contributed by atoms with Crippen LogP contribution in [0.1, 0.15) is 39.2 Å². The molecule has 0 aromatic heterocycles. The van der Waals surface area contributed by atoms with E-state index in [0.29, 0.717) is 5.02 Å². The Kier molecular flexibility index (Phi) is 8.55. The number of ether oxygens (including phenoxy) is 1. The average Bonchev–Trinajstić information content (AvgIpc) is 2.43. The Labute approximate surface area is 132 Å². The molecule has 0 aliphatic carbocycles. The Morgan fingerprint density at radius 2 is 1.95 bits per heavy atom. The first kappa shape index (κ1) is 17.8. The van der Waals surface area contributed by atoms with Gasteiger partial charge in [0.15, 0.2) is 0 Å². The maximum atomic E-state index is 6.28. The Hall–Kier alpha value is -0.280. The molecule has 1 aromatic carbocycles. The Bertz CT molecular complexity index is 398. The lowest BCUT2D eigenvalue weighted by atomic mass is 9.99. The summed E-state index contributed by atoms with van der Waals surface area (Å²) in [6.45, 7) is 8.08. The monoisotopic (exact) mass is 317 g/mol. The maximum absolute atomic E-state index is 6.28. The van der Waals surface area contributed by atoms with Crippen LogP contribution >= 0.6 is 23.2 Å². The normalized spacial score (nSPS) is 14.2. The fraction of sp³-hybridized carbons (Fsp3) is 0.625. The lowest BCUT2D eigenvalue weighted by molar-refractivity contribution is 0.0320. The number of halogens is 2. The summed E-state index contributed by atoms with van der Waals surface area (Å²) in [6.07, 6.45) is 3.15. The highest BCUT2D eigenvalue weighted by Crippen LogP contribution is 2.23. The van der Waals surface area contributed by atoms with Crippen molar-refractivity contribution in [2.75, 3.05) is 13.2 Å². The van der Waals surface area contributed by atoms with Crippen LogP contribution in [0.25, 0.3) is 0 Å². The van der Waals surface area contributed by atoms with Crippen molar-refractivity contribution in [3.05, 3.63) is 33.8 Å². The number of hydrogen-bond donors (Lipinski definition) is 1. The molecule has 0 aliphatic rings. The molecule has 2 unspecified atom stereocenters. The zero-order valence-corrected chi connectivity index (χ0v) is 14.1. The lowest BCUT2D eigenvalue weighted by Gasteiger charge is -2.27. The quantitative estimate of drug-likeness (QED) is 0.711. The third kappa shape index (κ3) is 5.61. The van der Waals surface area contributed by atoms with Crippen LogP contribution in [0, 0.1) is 0 Å². The van der Waals surface area contributed by atoms with Gasteiger partial charge in [-0.15, -0.1) is 0 Å². The summed E-state index contributed by atoms with van der Waals surface area (Å²) in [7, 11) is 0. The van der Waals surface area contributed by atoms with Gasteiger partial charge in [0.2, 0.25) is 0 Å². The zero-order chi connectivity index (χ0) is 15.0. The molecular formula is C16H25Cl2NO. The molecule has 0 amide bonds. The van der Waals surface area contributed by atoms with Crippen molar-refractivity contribution >= 4 is 23.2 Å². The number of benzene rings is 1. The van der Waals surface area contributed by atoms with E-state index in [9.17, 15) is 0 Å². The number of rotatable bonds is 9. The molecule has 0 saturated heterocycles. The smallest absolute Gasteiger partial charge is 0.0728 e. The van der Waals surface area contributed by atoms with Gasteiger partial charge < -0.3 is 10.1 Å². The maximum Gasteiger partial charge on any atom is 0.0728 e. The van der Waals surface area contributed by atoms with E-state index in [2.05, 4.69) is 19.2 Å². The number of nitrogens with one attached hydrogen (secondary N) is 1. The van der Waals surface area contributed by atoms with Crippen molar-refractivity contribution in [2.24, 2.45) is 0 Å². The molecule has 0 bridgehead atoms. The van der Waals surface area contributed by atoms with Gasteiger partial charge >= 0.3 is 0 Å². The van der Waals surface area contributed by atoms with Crippen molar-refractivity contribution in [1.82, 2.24) is 5.32 Å². The van der Waals surface area contributed by atoms with Crippen LogP contribution in [0.15, 0.2) is 18.2 Å². The Balaban J connectivity index is 2.81. The summed E-state index contributed by atoms with van der Waals surface area (Å²) in [6, 6.07) is 5.97. The van der Waals surface area contributed by atoms with Crippen LogP contribution in [-0.2, 0) is 11.2 Å². The second-order valence-corrected chi connectivity index (χ2v) is 5.75. The van der Waals surface area contributed by atoms with Crippen LogP contribution in [0.5, 0.6) is 0 Å². The second kappa shape index (κ2) is 9.62. The molecule has 114 valence electrons. The summed E-state index contributed by atoms with van der Waals surface area (Å²) < 4.78 is 5.85. The minimum Gasteiger partial charge on any atom is -0.377 e. The minimum absolute atomic E-state index is 0.207. The van der Waals surface area contributed by atoms with Crippen LogP contribution in [0.4, 0.5) is 0 Å². The van der Waals surface area contributed by atoms with Crippen LogP contribution in [0.3, 0.4) is 0 Å². The zero-order valence-electron chi connectivity index (χ0n) is 12.6. The highest BCUT2D eigenvalue weighted by molar-refractivity contribution is 6.35. The molecule has 0 fully saturated rings. The second-order valence-electron chi connectivity index (χ2n) is 4.90. The van der Waals surface area contributed by atoms with Gasteiger partial charge in [-0.25, -0.2) is 0 Å². The van der Waals surface area contributed by atoms with Crippen LogP contribution in [-0.4, -0.2) is 25.3 Å². The third-order valence-electron chi connectivity index (χ3n) is 3.34. The molecule has 2 atom stereocenters. The summed E-state index contributed by atoms with van der Waals surface area (Å²) in [5, 5.41) is 4.98. The molecule has 20 heavy (non-hydrogen) atoms. The van der Waals surface area contributed by atoms with E-state index in [1.165, 1.54) is 0 Å². The van der Waals surface area contributed by atoms with E-state index < -0.39 is 0 Å². The number of hydrogen-bond acceptors (Lipinski definition) is 2. The Morgan fingerprint density at radius 3 is 2.50 bits per heavy atom. The highest BCUT2D eigenvalue weighted by atomic mass is 35.5. The Morgan fingerprint density at radius 1 is 1.20 bits per heavy atom. The van der Waals surface area contributed by atoms with E-state index >= 15 is 0 Å². The molecule has 4 heteroatoms. The molecule has 2 nitrogen and oxygen atoms in total. The van der Waals surface area contributed by atoms with Crippen LogP contribution < -0.4 is 5.32 Å². The summed E-state index contributed by atoms with van der Waals surface area (Å²) >= 11 is 12.2. The van der Waals surface area contributed by atoms with E-state index in [-0.39, 0.29) is 12.1 Å². The molecule has 1 N–H and O–H groups in total. The van der Waals surface area contributed by atoms with Gasteiger partial charge in [0.25, 0.3) is 0 Å². The van der Waals surface area contributed by atoms with Gasteiger partial charge in [-0.1, -0.05) is 43.1 Å². The molecule has 0 radical (unpaired) electrons. The van der Waals surface area contributed by atoms with Crippen molar-refractivity contribution in [3.63, 3.8) is 0 Å². The fourth-order valence-electron chi connectivity index (χ4n) is 2.32. The summed E-state index contributed by atoms with van der Waals surface area (Å²) in [5.41, 5.74) is 1.11. The van der Waals surface area contributed by atoms with Gasteiger partial charge in [-0.2, -0.15) is 0 Å². The van der Waals surface area contributed by atoms with Gasteiger partial charge in [0, 0.05) is 22.7 Å².